The molecule has 1 fully saturated rings. The van der Waals surface area contributed by atoms with E-state index in [2.05, 4.69) is 65.3 Å². The molecule has 1 nitrogen and oxygen atoms in total. The Kier molecular flexibility index (Phi) is 5.24. The number of benzene rings is 1. The molecule has 0 saturated heterocycles. The Balaban J connectivity index is 2.34. The van der Waals surface area contributed by atoms with E-state index >= 15 is 0 Å². The van der Waals surface area contributed by atoms with E-state index in [4.69, 9.17) is 12.2 Å². The van der Waals surface area contributed by atoms with Gasteiger partial charge in [-0.1, -0.05) is 59.1 Å². The molecule has 0 unspecified atom stereocenters. The molecule has 0 amide bonds. The first-order valence-corrected chi connectivity index (χ1v) is 9.06. The van der Waals surface area contributed by atoms with Gasteiger partial charge in [-0.15, -0.1) is 0 Å². The third kappa shape index (κ3) is 2.93. The lowest BCUT2D eigenvalue weighted by Crippen LogP contribution is -2.56. The van der Waals surface area contributed by atoms with E-state index in [1.54, 1.807) is 0 Å². The summed E-state index contributed by atoms with van der Waals surface area (Å²) in [5, 5.41) is 0. The molecule has 0 bridgehead atoms. The number of rotatable bonds is 5. The van der Waals surface area contributed by atoms with Crippen molar-refractivity contribution in [3.05, 3.63) is 42.0 Å². The van der Waals surface area contributed by atoms with Crippen molar-refractivity contribution in [1.29, 1.82) is 0 Å². The standard InChI is InChI=1S/C17H22INS/c1-13(2)17(10-4-11-17)19(14(3)20)16-7-5-15(6-8-16)9-12-18/h5-8H,1,4,9-12H2,2-3H3. The van der Waals surface area contributed by atoms with Gasteiger partial charge >= 0.3 is 0 Å². The topological polar surface area (TPSA) is 3.24 Å². The van der Waals surface area contributed by atoms with Crippen molar-refractivity contribution in [3.63, 3.8) is 0 Å². The van der Waals surface area contributed by atoms with Crippen molar-refractivity contribution >= 4 is 45.5 Å². The molecule has 1 aliphatic rings. The summed E-state index contributed by atoms with van der Waals surface area (Å²) in [7, 11) is 0. The van der Waals surface area contributed by atoms with Crippen LogP contribution in [0.1, 0.15) is 38.7 Å². The van der Waals surface area contributed by atoms with Crippen LogP contribution in [0.2, 0.25) is 0 Å². The van der Waals surface area contributed by atoms with Crippen molar-refractivity contribution in [3.8, 4) is 0 Å². The monoisotopic (exact) mass is 399 g/mol. The van der Waals surface area contributed by atoms with Gasteiger partial charge in [0.2, 0.25) is 0 Å². The minimum absolute atomic E-state index is 0.0522. The van der Waals surface area contributed by atoms with Gasteiger partial charge in [-0.3, -0.25) is 0 Å². The zero-order valence-electron chi connectivity index (χ0n) is 12.3. The molecule has 0 radical (unpaired) electrons. The zero-order valence-corrected chi connectivity index (χ0v) is 15.3. The fourth-order valence-electron chi connectivity index (χ4n) is 3.00. The molecule has 3 heteroatoms. The van der Waals surface area contributed by atoms with Crippen LogP contribution < -0.4 is 4.90 Å². The summed E-state index contributed by atoms with van der Waals surface area (Å²) < 4.78 is 1.16. The van der Waals surface area contributed by atoms with E-state index in [0.717, 1.165) is 28.7 Å². The first kappa shape index (κ1) is 16.0. The summed E-state index contributed by atoms with van der Waals surface area (Å²) in [5.41, 5.74) is 3.88. The number of halogens is 1. The third-order valence-corrected chi connectivity index (χ3v) is 5.02. The normalized spacial score (nSPS) is 16.4. The van der Waals surface area contributed by atoms with Gasteiger partial charge in [0.15, 0.2) is 0 Å². The van der Waals surface area contributed by atoms with Gasteiger partial charge in [0.25, 0.3) is 0 Å². The minimum atomic E-state index is 0.0522. The second-order valence-corrected chi connectivity index (χ2v) is 7.29. The SMILES string of the molecule is C=C(C)C1(N(C(C)=S)c2ccc(CCI)cc2)CCC1. The van der Waals surface area contributed by atoms with Crippen molar-refractivity contribution in [2.24, 2.45) is 0 Å². The Bertz CT molecular complexity index is 502. The lowest BCUT2D eigenvalue weighted by molar-refractivity contribution is 0.300. The molecule has 1 aromatic carbocycles. The molecule has 1 aromatic rings. The van der Waals surface area contributed by atoms with Gasteiger partial charge in [-0.25, -0.2) is 0 Å². The fraction of sp³-hybridized carbons (Fsp3) is 0.471. The maximum absolute atomic E-state index is 5.53. The van der Waals surface area contributed by atoms with E-state index in [0.29, 0.717) is 0 Å². The van der Waals surface area contributed by atoms with E-state index in [9.17, 15) is 0 Å². The molecule has 0 heterocycles. The van der Waals surface area contributed by atoms with E-state index in [-0.39, 0.29) is 5.54 Å². The first-order chi connectivity index (χ1) is 9.51. The summed E-state index contributed by atoms with van der Waals surface area (Å²) in [6.07, 6.45) is 4.71. The number of alkyl halides is 1. The second kappa shape index (κ2) is 6.56. The average Bonchev–Trinajstić information content (AvgIpc) is 2.34. The number of aryl methyl sites for hydroxylation is 1. The Labute approximate surface area is 141 Å². The number of thiocarbonyl (C=S) groups is 1. The van der Waals surface area contributed by atoms with Crippen molar-refractivity contribution in [2.75, 3.05) is 9.33 Å². The van der Waals surface area contributed by atoms with E-state index in [1.807, 2.05) is 6.92 Å². The predicted molar refractivity (Wildman–Crippen MR) is 101 cm³/mol. The maximum atomic E-state index is 5.53. The largest absolute Gasteiger partial charge is 0.326 e. The minimum Gasteiger partial charge on any atom is -0.326 e. The summed E-state index contributed by atoms with van der Waals surface area (Å²) in [6.45, 7) is 8.38. The molecule has 1 saturated carbocycles. The van der Waals surface area contributed by atoms with Crippen LogP contribution in [0.15, 0.2) is 36.4 Å². The van der Waals surface area contributed by atoms with Crippen molar-refractivity contribution < 1.29 is 0 Å². The smallest absolute Gasteiger partial charge is 0.0800 e. The number of nitrogens with zero attached hydrogens (tertiary/aromatic N) is 1. The third-order valence-electron chi connectivity index (χ3n) is 4.30. The van der Waals surface area contributed by atoms with Crippen LogP contribution in [0.25, 0.3) is 0 Å². The average molecular weight is 399 g/mol. The highest BCUT2D eigenvalue weighted by Crippen LogP contribution is 2.45. The molecule has 0 aromatic heterocycles. The Morgan fingerprint density at radius 1 is 1.30 bits per heavy atom. The van der Waals surface area contributed by atoms with Crippen molar-refractivity contribution in [1.82, 2.24) is 0 Å². The highest BCUT2D eigenvalue weighted by atomic mass is 127. The Morgan fingerprint density at radius 2 is 1.90 bits per heavy atom. The molecule has 0 atom stereocenters. The van der Waals surface area contributed by atoms with Gasteiger partial charge in [0.1, 0.15) is 0 Å². The first-order valence-electron chi connectivity index (χ1n) is 7.13. The molecular weight excluding hydrogens is 377 g/mol. The maximum Gasteiger partial charge on any atom is 0.0800 e. The van der Waals surface area contributed by atoms with Crippen LogP contribution in [-0.4, -0.2) is 15.0 Å². The molecule has 0 aliphatic heterocycles. The van der Waals surface area contributed by atoms with Crippen LogP contribution in [-0.2, 0) is 6.42 Å². The van der Waals surface area contributed by atoms with Gasteiger partial charge < -0.3 is 4.90 Å². The highest BCUT2D eigenvalue weighted by molar-refractivity contribution is 14.1. The number of anilines is 1. The quantitative estimate of drug-likeness (QED) is 0.286. The Hall–Kier alpha value is -0.420. The zero-order chi connectivity index (χ0) is 14.8. The van der Waals surface area contributed by atoms with Gasteiger partial charge in [0.05, 0.1) is 10.5 Å². The lowest BCUT2D eigenvalue weighted by atomic mass is 9.70. The summed E-state index contributed by atoms with van der Waals surface area (Å²) in [6, 6.07) is 8.87. The van der Waals surface area contributed by atoms with Crippen LogP contribution >= 0.6 is 34.8 Å². The van der Waals surface area contributed by atoms with Crippen LogP contribution in [0.4, 0.5) is 5.69 Å². The highest BCUT2D eigenvalue weighted by Gasteiger charge is 2.44. The van der Waals surface area contributed by atoms with Crippen LogP contribution in [0.5, 0.6) is 0 Å². The molecule has 108 valence electrons. The van der Waals surface area contributed by atoms with Gasteiger partial charge in [-0.2, -0.15) is 0 Å². The Morgan fingerprint density at radius 3 is 2.25 bits per heavy atom. The van der Waals surface area contributed by atoms with E-state index in [1.165, 1.54) is 23.2 Å². The van der Waals surface area contributed by atoms with Crippen molar-refractivity contribution in [2.45, 2.75) is 45.1 Å². The summed E-state index contributed by atoms with van der Waals surface area (Å²) in [5.74, 6) is 0. The summed E-state index contributed by atoms with van der Waals surface area (Å²) >= 11 is 7.95. The van der Waals surface area contributed by atoms with Gasteiger partial charge in [0, 0.05) is 10.1 Å². The predicted octanol–water partition coefficient (Wildman–Crippen LogP) is 5.32. The van der Waals surface area contributed by atoms with Crippen LogP contribution in [0, 0.1) is 0 Å². The molecule has 20 heavy (non-hydrogen) atoms. The second-order valence-electron chi connectivity index (χ2n) is 5.63. The fourth-order valence-corrected chi connectivity index (χ4v) is 3.91. The molecular formula is C17H22INS. The molecule has 1 aliphatic carbocycles. The molecule has 2 rings (SSSR count). The molecule has 0 spiro atoms. The number of hydrogen-bond donors (Lipinski definition) is 0. The summed E-state index contributed by atoms with van der Waals surface area (Å²) in [4.78, 5) is 3.26. The van der Waals surface area contributed by atoms with E-state index < -0.39 is 0 Å². The lowest BCUT2D eigenvalue weighted by Gasteiger charge is -2.52. The number of hydrogen-bond acceptors (Lipinski definition) is 1. The van der Waals surface area contributed by atoms with Gasteiger partial charge in [-0.05, 0) is 57.2 Å². The molecule has 0 N–H and O–H groups in total. The van der Waals surface area contributed by atoms with Crippen LogP contribution in [0.3, 0.4) is 0 Å².